The molecule has 33 heavy (non-hydrogen) atoms. The lowest BCUT2D eigenvalue weighted by Gasteiger charge is -2.09. The Labute approximate surface area is 192 Å². The van der Waals surface area contributed by atoms with E-state index in [1.807, 2.05) is 31.3 Å². The third kappa shape index (κ3) is 4.01. The fourth-order valence-electron chi connectivity index (χ4n) is 3.96. The maximum atomic E-state index is 5.83. The van der Waals surface area contributed by atoms with E-state index in [4.69, 9.17) is 9.51 Å². The van der Waals surface area contributed by atoms with Crippen molar-refractivity contribution in [1.29, 1.82) is 0 Å². The highest BCUT2D eigenvalue weighted by molar-refractivity contribution is 6.01. The molecular formula is C28H24N4O. The minimum Gasteiger partial charge on any atom is -0.373 e. The minimum absolute atomic E-state index is 0.463. The van der Waals surface area contributed by atoms with Gasteiger partial charge >= 0.3 is 0 Å². The summed E-state index contributed by atoms with van der Waals surface area (Å²) in [5.74, 6) is 1.66. The molecule has 5 aromatic rings. The van der Waals surface area contributed by atoms with Crippen molar-refractivity contribution in [2.75, 3.05) is 12.4 Å². The van der Waals surface area contributed by atoms with E-state index in [0.29, 0.717) is 17.5 Å². The summed E-state index contributed by atoms with van der Waals surface area (Å²) in [6, 6.07) is 24.8. The molecule has 0 aliphatic heterocycles. The third-order valence-corrected chi connectivity index (χ3v) is 5.86. The van der Waals surface area contributed by atoms with Crippen LogP contribution in [-0.4, -0.2) is 22.2 Å². The summed E-state index contributed by atoms with van der Waals surface area (Å²) in [6.45, 7) is 4.24. The van der Waals surface area contributed by atoms with Crippen molar-refractivity contribution in [3.63, 3.8) is 0 Å². The van der Waals surface area contributed by atoms with Crippen LogP contribution in [0, 0.1) is 13.8 Å². The zero-order valence-electron chi connectivity index (χ0n) is 18.8. The van der Waals surface area contributed by atoms with Crippen molar-refractivity contribution < 1.29 is 4.52 Å². The molecule has 162 valence electrons. The van der Waals surface area contributed by atoms with Crippen LogP contribution in [-0.2, 0) is 0 Å². The predicted molar refractivity (Wildman–Crippen MR) is 134 cm³/mol. The number of fused-ring (bicyclic) bond motifs is 1. The summed E-state index contributed by atoms with van der Waals surface area (Å²) in [5.41, 5.74) is 6.29. The maximum absolute atomic E-state index is 5.83. The number of aryl methyl sites for hydroxylation is 2. The molecule has 5 heteroatoms. The highest BCUT2D eigenvalue weighted by atomic mass is 16.5. The van der Waals surface area contributed by atoms with Crippen molar-refractivity contribution in [2.24, 2.45) is 0 Å². The summed E-state index contributed by atoms with van der Waals surface area (Å²) >= 11 is 0. The zero-order chi connectivity index (χ0) is 22.8. The van der Waals surface area contributed by atoms with Crippen LogP contribution in [0.1, 0.15) is 28.1 Å². The zero-order valence-corrected chi connectivity index (χ0v) is 18.8. The first-order valence-corrected chi connectivity index (χ1v) is 10.9. The van der Waals surface area contributed by atoms with Crippen molar-refractivity contribution in [1.82, 2.24) is 15.1 Å². The fraction of sp³-hybridized carbons (Fsp3) is 0.107. The Bertz CT molecular complexity index is 1480. The third-order valence-electron chi connectivity index (χ3n) is 5.86. The number of nitrogens with one attached hydrogen (secondary N) is 1. The number of aromatic nitrogens is 3. The SMILES string of the molecule is CNc1ncccc1-c1noc(C(=Cc2ccc(C)c(C)c2)c2cccc3ccccc23)n1. The van der Waals surface area contributed by atoms with Crippen LogP contribution in [0.2, 0.25) is 0 Å². The second kappa shape index (κ2) is 8.71. The molecule has 0 atom stereocenters. The first kappa shape index (κ1) is 20.6. The minimum atomic E-state index is 0.463. The van der Waals surface area contributed by atoms with Gasteiger partial charge in [0, 0.05) is 18.8 Å². The largest absolute Gasteiger partial charge is 0.373 e. The average Bonchev–Trinajstić information content (AvgIpc) is 3.34. The summed E-state index contributed by atoms with van der Waals surface area (Å²) in [7, 11) is 1.83. The molecule has 0 aliphatic rings. The fourth-order valence-corrected chi connectivity index (χ4v) is 3.96. The maximum Gasteiger partial charge on any atom is 0.258 e. The molecule has 0 saturated carbocycles. The van der Waals surface area contributed by atoms with E-state index >= 15 is 0 Å². The Morgan fingerprint density at radius 1 is 0.909 bits per heavy atom. The van der Waals surface area contributed by atoms with Gasteiger partial charge in [-0.1, -0.05) is 65.8 Å². The van der Waals surface area contributed by atoms with Crippen LogP contribution in [0.3, 0.4) is 0 Å². The lowest BCUT2D eigenvalue weighted by molar-refractivity contribution is 0.409. The molecule has 3 aromatic carbocycles. The van der Waals surface area contributed by atoms with Crippen molar-refractivity contribution >= 4 is 28.2 Å². The normalized spacial score (nSPS) is 11.7. The van der Waals surface area contributed by atoms with Crippen molar-refractivity contribution in [3.05, 3.63) is 107 Å². The number of hydrogen-bond acceptors (Lipinski definition) is 5. The van der Waals surface area contributed by atoms with Crippen LogP contribution in [0.4, 0.5) is 5.82 Å². The van der Waals surface area contributed by atoms with Gasteiger partial charge in [-0.3, -0.25) is 0 Å². The number of rotatable bonds is 5. The van der Waals surface area contributed by atoms with E-state index < -0.39 is 0 Å². The van der Waals surface area contributed by atoms with Gasteiger partial charge in [-0.2, -0.15) is 4.98 Å². The van der Waals surface area contributed by atoms with Crippen LogP contribution < -0.4 is 5.32 Å². The van der Waals surface area contributed by atoms with Gasteiger partial charge in [0.25, 0.3) is 5.89 Å². The predicted octanol–water partition coefficient (Wildman–Crippen LogP) is 6.53. The molecule has 1 N–H and O–H groups in total. The van der Waals surface area contributed by atoms with Crippen molar-refractivity contribution in [2.45, 2.75) is 13.8 Å². The molecule has 0 fully saturated rings. The van der Waals surface area contributed by atoms with Gasteiger partial charge in [-0.25, -0.2) is 4.98 Å². The van der Waals surface area contributed by atoms with Gasteiger partial charge < -0.3 is 9.84 Å². The molecule has 5 nitrogen and oxygen atoms in total. The summed E-state index contributed by atoms with van der Waals surface area (Å²) in [4.78, 5) is 9.15. The first-order chi connectivity index (χ1) is 16.1. The van der Waals surface area contributed by atoms with Crippen LogP contribution in [0.25, 0.3) is 33.8 Å². The second-order valence-corrected chi connectivity index (χ2v) is 8.00. The summed E-state index contributed by atoms with van der Waals surface area (Å²) in [6.07, 6.45) is 3.85. The smallest absolute Gasteiger partial charge is 0.258 e. The lowest BCUT2D eigenvalue weighted by Crippen LogP contribution is -1.96. The molecule has 2 aromatic heterocycles. The highest BCUT2D eigenvalue weighted by Crippen LogP contribution is 2.33. The Hall–Kier alpha value is -4.25. The molecule has 5 rings (SSSR count). The number of anilines is 1. The van der Waals surface area contributed by atoms with Crippen LogP contribution in [0.5, 0.6) is 0 Å². The van der Waals surface area contributed by atoms with Crippen LogP contribution >= 0.6 is 0 Å². The van der Waals surface area contributed by atoms with Gasteiger partial charge in [0.05, 0.1) is 5.56 Å². The molecule has 2 heterocycles. The average molecular weight is 433 g/mol. The standard InChI is InChI=1S/C28H24N4O/c1-18-13-14-20(16-19(18)2)17-25(23-11-6-9-21-8-4-5-10-22(21)23)28-31-27(32-33-28)24-12-7-15-30-26(24)29-3/h4-17H,1-3H3,(H,29,30). The van der Waals surface area contributed by atoms with Gasteiger partial charge in [0.2, 0.25) is 5.82 Å². The molecule has 0 unspecified atom stereocenters. The topological polar surface area (TPSA) is 63.8 Å². The molecule has 0 spiro atoms. The van der Waals surface area contributed by atoms with E-state index in [1.165, 1.54) is 11.1 Å². The number of nitrogens with zero attached hydrogens (tertiary/aromatic N) is 3. The van der Waals surface area contributed by atoms with E-state index in [-0.39, 0.29) is 0 Å². The Morgan fingerprint density at radius 2 is 1.76 bits per heavy atom. The molecule has 0 aliphatic carbocycles. The second-order valence-electron chi connectivity index (χ2n) is 8.00. The van der Waals surface area contributed by atoms with Gasteiger partial charge in [-0.15, -0.1) is 0 Å². The molecular weight excluding hydrogens is 408 g/mol. The first-order valence-electron chi connectivity index (χ1n) is 10.9. The summed E-state index contributed by atoms with van der Waals surface area (Å²) in [5, 5.41) is 9.67. The Morgan fingerprint density at radius 3 is 2.61 bits per heavy atom. The van der Waals surface area contributed by atoms with Crippen LogP contribution in [0.15, 0.2) is 83.5 Å². The monoisotopic (exact) mass is 432 g/mol. The van der Waals surface area contributed by atoms with E-state index in [1.54, 1.807) is 6.20 Å². The van der Waals surface area contributed by atoms with E-state index in [2.05, 4.69) is 83.9 Å². The molecule has 0 saturated heterocycles. The van der Waals surface area contributed by atoms with Crippen molar-refractivity contribution in [3.8, 4) is 11.4 Å². The highest BCUT2D eigenvalue weighted by Gasteiger charge is 2.19. The molecule has 0 radical (unpaired) electrons. The molecule has 0 bridgehead atoms. The number of pyridine rings is 1. The van der Waals surface area contributed by atoms with Gasteiger partial charge in [0.15, 0.2) is 0 Å². The number of benzene rings is 3. The van der Waals surface area contributed by atoms with E-state index in [0.717, 1.165) is 33.0 Å². The Kier molecular flexibility index (Phi) is 5.45. The number of hydrogen-bond donors (Lipinski definition) is 1. The Balaban J connectivity index is 1.71. The summed E-state index contributed by atoms with van der Waals surface area (Å²) < 4.78 is 5.83. The van der Waals surface area contributed by atoms with E-state index in [9.17, 15) is 0 Å². The lowest BCUT2D eigenvalue weighted by atomic mass is 9.95. The van der Waals surface area contributed by atoms with Gasteiger partial charge in [0.1, 0.15) is 5.82 Å². The van der Waals surface area contributed by atoms with Gasteiger partial charge in [-0.05, 0) is 65.1 Å². The molecule has 0 amide bonds. The quantitative estimate of drug-likeness (QED) is 0.320.